The van der Waals surface area contributed by atoms with Crippen LogP contribution in [-0.2, 0) is 39.0 Å². The topological polar surface area (TPSA) is 86.8 Å². The Bertz CT molecular complexity index is 1610. The average Bonchev–Trinajstić information content (AvgIpc) is 3.03. The molecule has 43 heavy (non-hydrogen) atoms. The van der Waals surface area contributed by atoms with E-state index in [1.54, 1.807) is 54.6 Å². The lowest BCUT2D eigenvalue weighted by molar-refractivity contribution is -0.140. The fourth-order valence-corrected chi connectivity index (χ4v) is 6.52. The van der Waals surface area contributed by atoms with Crippen molar-refractivity contribution in [1.82, 2.24) is 10.2 Å². The zero-order chi connectivity index (χ0) is 30.8. The van der Waals surface area contributed by atoms with Gasteiger partial charge in [0.15, 0.2) is 0 Å². The molecule has 0 saturated carbocycles. The number of para-hydroxylation sites is 1. The van der Waals surface area contributed by atoms with Gasteiger partial charge in [-0.15, -0.1) is 0 Å². The van der Waals surface area contributed by atoms with Crippen LogP contribution in [0.3, 0.4) is 0 Å². The molecule has 7 nitrogen and oxygen atoms in total. The molecule has 2 amide bonds. The summed E-state index contributed by atoms with van der Waals surface area (Å²) in [5.41, 5.74) is 2.83. The predicted octanol–water partition coefficient (Wildman–Crippen LogP) is 5.87. The molecule has 4 rings (SSSR count). The van der Waals surface area contributed by atoms with Crippen molar-refractivity contribution in [2.24, 2.45) is 0 Å². The Balaban J connectivity index is 1.81. The number of anilines is 1. The number of halogens is 1. The standard InChI is InChI=1S/C34H36ClN3O4S/c1-3-28-15-11-12-18-31(28)38(43(41,42)30-16-9-6-10-17-30)25-33(39)37(24-27-19-21-29(35)22-20-27)32(34(40)36-4-2)23-26-13-7-5-8-14-26/h5-22,32H,3-4,23-25H2,1-2H3,(H,36,40)/t32-/m1/s1. The third-order valence-electron chi connectivity index (χ3n) is 7.14. The molecule has 0 aromatic heterocycles. The maximum Gasteiger partial charge on any atom is 0.264 e. The van der Waals surface area contributed by atoms with E-state index in [2.05, 4.69) is 5.32 Å². The Morgan fingerprint density at radius 3 is 2.02 bits per heavy atom. The van der Waals surface area contributed by atoms with Gasteiger partial charge in [0.05, 0.1) is 10.6 Å². The van der Waals surface area contributed by atoms with Gasteiger partial charge in [-0.2, -0.15) is 0 Å². The highest BCUT2D eigenvalue weighted by atomic mass is 35.5. The first-order chi connectivity index (χ1) is 20.7. The number of carbonyl (C=O) groups is 2. The Morgan fingerprint density at radius 1 is 0.791 bits per heavy atom. The van der Waals surface area contributed by atoms with Gasteiger partial charge >= 0.3 is 0 Å². The van der Waals surface area contributed by atoms with Crippen LogP contribution in [-0.4, -0.2) is 44.3 Å². The monoisotopic (exact) mass is 617 g/mol. The summed E-state index contributed by atoms with van der Waals surface area (Å²) in [6.07, 6.45) is 0.818. The van der Waals surface area contributed by atoms with E-state index in [4.69, 9.17) is 11.6 Å². The largest absolute Gasteiger partial charge is 0.355 e. The summed E-state index contributed by atoms with van der Waals surface area (Å²) in [6, 6.07) is 30.8. The molecule has 0 aliphatic rings. The Labute approximate surface area is 259 Å². The molecule has 9 heteroatoms. The number of hydrogen-bond acceptors (Lipinski definition) is 4. The zero-order valence-electron chi connectivity index (χ0n) is 24.3. The lowest BCUT2D eigenvalue weighted by Gasteiger charge is -2.34. The van der Waals surface area contributed by atoms with Gasteiger partial charge in [-0.05, 0) is 60.4 Å². The molecular formula is C34H36ClN3O4S. The summed E-state index contributed by atoms with van der Waals surface area (Å²) in [5, 5.41) is 3.41. The van der Waals surface area contributed by atoms with Crippen LogP contribution < -0.4 is 9.62 Å². The number of nitrogens with one attached hydrogen (secondary N) is 1. The first kappa shape index (κ1) is 31.8. The van der Waals surface area contributed by atoms with Gasteiger partial charge in [0.25, 0.3) is 10.0 Å². The molecule has 224 valence electrons. The molecule has 4 aromatic rings. The highest BCUT2D eigenvalue weighted by Crippen LogP contribution is 2.28. The third kappa shape index (κ3) is 8.03. The molecule has 0 saturated heterocycles. The molecule has 1 atom stereocenters. The van der Waals surface area contributed by atoms with Gasteiger partial charge in [-0.3, -0.25) is 13.9 Å². The fraction of sp³-hybridized carbons (Fsp3) is 0.235. The van der Waals surface area contributed by atoms with Crippen molar-refractivity contribution in [2.75, 3.05) is 17.4 Å². The highest BCUT2D eigenvalue weighted by Gasteiger charge is 2.35. The van der Waals surface area contributed by atoms with E-state index in [1.807, 2.05) is 56.3 Å². The van der Waals surface area contributed by atoms with Crippen molar-refractivity contribution in [3.8, 4) is 0 Å². The smallest absolute Gasteiger partial charge is 0.264 e. The molecule has 0 aliphatic carbocycles. The van der Waals surface area contributed by atoms with E-state index >= 15 is 0 Å². The molecule has 4 aromatic carbocycles. The van der Waals surface area contributed by atoms with Gasteiger partial charge in [0, 0.05) is 24.5 Å². The molecular weight excluding hydrogens is 582 g/mol. The Morgan fingerprint density at radius 2 is 1.40 bits per heavy atom. The van der Waals surface area contributed by atoms with Crippen molar-refractivity contribution in [3.05, 3.63) is 131 Å². The maximum absolute atomic E-state index is 14.4. The lowest BCUT2D eigenvalue weighted by Crippen LogP contribution is -2.53. The lowest BCUT2D eigenvalue weighted by atomic mass is 10.0. The SMILES string of the molecule is CCNC(=O)[C@@H](Cc1ccccc1)N(Cc1ccc(Cl)cc1)C(=O)CN(c1ccccc1CC)S(=O)(=O)c1ccccc1. The number of likely N-dealkylation sites (N-methyl/N-ethyl adjacent to an activating group) is 1. The van der Waals surface area contributed by atoms with Crippen LogP contribution in [0.5, 0.6) is 0 Å². The molecule has 0 unspecified atom stereocenters. The summed E-state index contributed by atoms with van der Waals surface area (Å²) in [5.74, 6) is -0.826. The van der Waals surface area contributed by atoms with Gasteiger partial charge < -0.3 is 10.2 Å². The average molecular weight is 618 g/mol. The van der Waals surface area contributed by atoms with E-state index in [9.17, 15) is 18.0 Å². The fourth-order valence-electron chi connectivity index (χ4n) is 4.92. The van der Waals surface area contributed by atoms with Crippen LogP contribution in [0.15, 0.2) is 114 Å². The van der Waals surface area contributed by atoms with Crippen LogP contribution in [0, 0.1) is 0 Å². The van der Waals surface area contributed by atoms with Crippen LogP contribution in [0.1, 0.15) is 30.5 Å². The second-order valence-electron chi connectivity index (χ2n) is 10.1. The summed E-state index contributed by atoms with van der Waals surface area (Å²) < 4.78 is 29.4. The number of carbonyl (C=O) groups excluding carboxylic acids is 2. The van der Waals surface area contributed by atoms with Crippen molar-refractivity contribution in [3.63, 3.8) is 0 Å². The quantitative estimate of drug-likeness (QED) is 0.203. The second kappa shape index (κ2) is 14.8. The number of aryl methyl sites for hydroxylation is 1. The molecule has 0 bridgehead atoms. The van der Waals surface area contributed by atoms with E-state index in [0.29, 0.717) is 23.7 Å². The minimum Gasteiger partial charge on any atom is -0.355 e. The predicted molar refractivity (Wildman–Crippen MR) is 171 cm³/mol. The summed E-state index contributed by atoms with van der Waals surface area (Å²) in [7, 11) is -4.14. The summed E-state index contributed by atoms with van der Waals surface area (Å²) in [4.78, 5) is 29.5. The van der Waals surface area contributed by atoms with Crippen LogP contribution in [0.2, 0.25) is 5.02 Å². The second-order valence-corrected chi connectivity index (χ2v) is 12.4. The number of rotatable bonds is 13. The highest BCUT2D eigenvalue weighted by molar-refractivity contribution is 7.92. The van der Waals surface area contributed by atoms with Gasteiger partial charge in [0.2, 0.25) is 11.8 Å². The summed E-state index contributed by atoms with van der Waals surface area (Å²) in [6.45, 7) is 3.72. The van der Waals surface area contributed by atoms with Gasteiger partial charge in [-0.1, -0.05) is 97.4 Å². The van der Waals surface area contributed by atoms with Crippen molar-refractivity contribution in [2.45, 2.75) is 44.2 Å². The van der Waals surface area contributed by atoms with Crippen LogP contribution >= 0.6 is 11.6 Å². The molecule has 0 spiro atoms. The van der Waals surface area contributed by atoms with Crippen molar-refractivity contribution in [1.29, 1.82) is 0 Å². The van der Waals surface area contributed by atoms with Crippen molar-refractivity contribution >= 4 is 39.1 Å². The van der Waals surface area contributed by atoms with Gasteiger partial charge in [-0.25, -0.2) is 8.42 Å². The van der Waals surface area contributed by atoms with E-state index in [0.717, 1.165) is 21.0 Å². The van der Waals surface area contributed by atoms with Crippen LogP contribution in [0.25, 0.3) is 0 Å². The maximum atomic E-state index is 14.4. The minimum absolute atomic E-state index is 0.0718. The number of amides is 2. The number of hydrogen-bond donors (Lipinski definition) is 1. The van der Waals surface area contributed by atoms with E-state index in [-0.39, 0.29) is 23.8 Å². The molecule has 0 radical (unpaired) electrons. The van der Waals surface area contributed by atoms with E-state index < -0.39 is 28.5 Å². The first-order valence-electron chi connectivity index (χ1n) is 14.3. The number of sulfonamides is 1. The van der Waals surface area contributed by atoms with Crippen LogP contribution in [0.4, 0.5) is 5.69 Å². The van der Waals surface area contributed by atoms with Crippen molar-refractivity contribution < 1.29 is 18.0 Å². The van der Waals surface area contributed by atoms with E-state index in [1.165, 1.54) is 17.0 Å². The Hall–Kier alpha value is -4.14. The zero-order valence-corrected chi connectivity index (χ0v) is 25.9. The first-order valence-corrected chi connectivity index (χ1v) is 16.1. The molecule has 0 aliphatic heterocycles. The van der Waals surface area contributed by atoms with Gasteiger partial charge in [0.1, 0.15) is 12.6 Å². The normalized spacial score (nSPS) is 11.9. The molecule has 0 fully saturated rings. The third-order valence-corrected chi connectivity index (χ3v) is 9.17. The molecule has 1 N–H and O–H groups in total. The molecule has 0 heterocycles. The minimum atomic E-state index is -4.14. The number of benzene rings is 4. The summed E-state index contributed by atoms with van der Waals surface area (Å²) >= 11 is 6.13. The number of nitrogens with zero attached hydrogens (tertiary/aromatic N) is 2. The Kier molecular flexibility index (Phi) is 11.0.